The molecule has 0 amide bonds. The number of carbonyl (C=O) groups is 1. The summed E-state index contributed by atoms with van der Waals surface area (Å²) >= 11 is 5.86. The standard InChI is InChI=1S/C9H11ClN2O2/c1-9(11,8(13)14-2)7-6(10)4-3-5-12-7/h3-5H,11H2,1-2H3. The molecule has 0 radical (unpaired) electrons. The molecule has 1 rings (SSSR count). The molecule has 1 aromatic heterocycles. The van der Waals surface area contributed by atoms with Gasteiger partial charge < -0.3 is 10.5 Å². The minimum atomic E-state index is -1.31. The summed E-state index contributed by atoms with van der Waals surface area (Å²) < 4.78 is 4.56. The van der Waals surface area contributed by atoms with Crippen molar-refractivity contribution in [2.45, 2.75) is 12.5 Å². The van der Waals surface area contributed by atoms with Crippen LogP contribution in [0.2, 0.25) is 5.02 Å². The fourth-order valence-electron chi connectivity index (χ4n) is 1.08. The lowest BCUT2D eigenvalue weighted by Crippen LogP contribution is -2.43. The molecule has 76 valence electrons. The first-order valence-electron chi connectivity index (χ1n) is 3.98. The number of aromatic nitrogens is 1. The first kappa shape index (κ1) is 10.9. The first-order chi connectivity index (χ1) is 6.50. The number of methoxy groups -OCH3 is 1. The number of hydrogen-bond donors (Lipinski definition) is 1. The number of rotatable bonds is 2. The van der Waals surface area contributed by atoms with E-state index in [4.69, 9.17) is 17.3 Å². The van der Waals surface area contributed by atoms with Gasteiger partial charge in [0.15, 0.2) is 5.54 Å². The van der Waals surface area contributed by atoms with E-state index in [1.807, 2.05) is 0 Å². The van der Waals surface area contributed by atoms with Crippen molar-refractivity contribution in [1.29, 1.82) is 0 Å². The van der Waals surface area contributed by atoms with Crippen molar-refractivity contribution in [1.82, 2.24) is 4.98 Å². The van der Waals surface area contributed by atoms with Crippen LogP contribution in [0.1, 0.15) is 12.6 Å². The van der Waals surface area contributed by atoms with Gasteiger partial charge in [-0.25, -0.2) is 4.79 Å². The molecule has 1 heterocycles. The van der Waals surface area contributed by atoms with Gasteiger partial charge in [0.2, 0.25) is 0 Å². The highest BCUT2D eigenvalue weighted by Gasteiger charge is 2.34. The summed E-state index contributed by atoms with van der Waals surface area (Å²) in [5.41, 5.74) is 4.77. The number of nitrogens with zero attached hydrogens (tertiary/aromatic N) is 1. The highest BCUT2D eigenvalue weighted by molar-refractivity contribution is 6.31. The van der Waals surface area contributed by atoms with Crippen molar-refractivity contribution in [3.05, 3.63) is 29.0 Å². The van der Waals surface area contributed by atoms with Crippen LogP contribution in [0.3, 0.4) is 0 Å². The van der Waals surface area contributed by atoms with Gasteiger partial charge in [-0.3, -0.25) is 4.98 Å². The zero-order valence-corrected chi connectivity index (χ0v) is 8.71. The molecule has 2 N–H and O–H groups in total. The summed E-state index contributed by atoms with van der Waals surface area (Å²) in [4.78, 5) is 15.3. The van der Waals surface area contributed by atoms with Crippen LogP contribution >= 0.6 is 11.6 Å². The highest BCUT2D eigenvalue weighted by atomic mass is 35.5. The Kier molecular flexibility index (Phi) is 3.08. The van der Waals surface area contributed by atoms with Gasteiger partial charge in [-0.15, -0.1) is 0 Å². The Morgan fingerprint density at radius 1 is 1.71 bits per heavy atom. The molecule has 0 saturated heterocycles. The maximum atomic E-state index is 11.3. The van der Waals surface area contributed by atoms with Crippen LogP contribution in [0.15, 0.2) is 18.3 Å². The second-order valence-corrected chi connectivity index (χ2v) is 3.43. The molecule has 5 heteroatoms. The van der Waals surface area contributed by atoms with Crippen molar-refractivity contribution in [2.24, 2.45) is 5.73 Å². The van der Waals surface area contributed by atoms with Gasteiger partial charge >= 0.3 is 5.97 Å². The number of esters is 1. The predicted molar refractivity (Wildman–Crippen MR) is 52.8 cm³/mol. The lowest BCUT2D eigenvalue weighted by molar-refractivity contribution is -0.146. The quantitative estimate of drug-likeness (QED) is 0.749. The number of carbonyl (C=O) groups excluding carboxylic acids is 1. The second kappa shape index (κ2) is 3.94. The largest absolute Gasteiger partial charge is 0.467 e. The van der Waals surface area contributed by atoms with E-state index in [0.717, 1.165) is 0 Å². The molecule has 0 bridgehead atoms. The lowest BCUT2D eigenvalue weighted by Gasteiger charge is -2.21. The van der Waals surface area contributed by atoms with Crippen molar-refractivity contribution in [2.75, 3.05) is 7.11 Å². The topological polar surface area (TPSA) is 65.2 Å². The smallest absolute Gasteiger partial charge is 0.331 e. The third-order valence-corrected chi connectivity index (χ3v) is 2.16. The number of nitrogens with two attached hydrogens (primary N) is 1. The number of pyridine rings is 1. The molecule has 0 aliphatic rings. The van der Waals surface area contributed by atoms with Crippen molar-refractivity contribution in [3.8, 4) is 0 Å². The van der Waals surface area contributed by atoms with Gasteiger partial charge in [-0.2, -0.15) is 0 Å². The molecule has 14 heavy (non-hydrogen) atoms. The minimum absolute atomic E-state index is 0.313. The van der Waals surface area contributed by atoms with E-state index >= 15 is 0 Å². The van der Waals surface area contributed by atoms with E-state index < -0.39 is 11.5 Å². The average molecular weight is 215 g/mol. The summed E-state index contributed by atoms with van der Waals surface area (Å²) in [7, 11) is 1.27. The molecule has 0 aliphatic carbocycles. The Balaban J connectivity index is 3.16. The van der Waals surface area contributed by atoms with Gasteiger partial charge in [0.1, 0.15) is 0 Å². The molecular formula is C9H11ClN2O2. The highest BCUT2D eigenvalue weighted by Crippen LogP contribution is 2.24. The van der Waals surface area contributed by atoms with Crippen LogP contribution in [-0.4, -0.2) is 18.1 Å². The number of hydrogen-bond acceptors (Lipinski definition) is 4. The maximum absolute atomic E-state index is 11.3. The normalized spacial score (nSPS) is 14.6. The van der Waals surface area contributed by atoms with Crippen LogP contribution < -0.4 is 5.73 Å². The minimum Gasteiger partial charge on any atom is -0.467 e. The summed E-state index contributed by atoms with van der Waals surface area (Å²) in [6.45, 7) is 1.51. The Hall–Kier alpha value is -1.13. The monoisotopic (exact) mass is 214 g/mol. The first-order valence-corrected chi connectivity index (χ1v) is 4.36. The Morgan fingerprint density at radius 3 is 2.86 bits per heavy atom. The molecule has 0 saturated carbocycles. The second-order valence-electron chi connectivity index (χ2n) is 3.03. The molecule has 0 aliphatic heterocycles. The Morgan fingerprint density at radius 2 is 2.36 bits per heavy atom. The Labute approximate surface area is 87.0 Å². The third kappa shape index (κ3) is 1.86. The molecule has 1 unspecified atom stereocenters. The average Bonchev–Trinajstić information content (AvgIpc) is 2.17. The molecule has 0 aromatic carbocycles. The van der Waals surface area contributed by atoms with Gasteiger partial charge in [0.25, 0.3) is 0 Å². The van der Waals surface area contributed by atoms with Crippen molar-refractivity contribution in [3.63, 3.8) is 0 Å². The van der Waals surface area contributed by atoms with Crippen LogP contribution in [-0.2, 0) is 15.1 Å². The van der Waals surface area contributed by atoms with Gasteiger partial charge in [-0.1, -0.05) is 11.6 Å². The van der Waals surface area contributed by atoms with E-state index in [2.05, 4.69) is 9.72 Å². The summed E-state index contributed by atoms with van der Waals surface area (Å²) in [6, 6.07) is 3.29. The molecule has 1 atom stereocenters. The van der Waals surface area contributed by atoms with Crippen LogP contribution in [0.5, 0.6) is 0 Å². The molecule has 0 fully saturated rings. The van der Waals surface area contributed by atoms with Crippen LogP contribution in [0, 0.1) is 0 Å². The molecule has 1 aromatic rings. The van der Waals surface area contributed by atoms with E-state index in [9.17, 15) is 4.79 Å². The van der Waals surface area contributed by atoms with Gasteiger partial charge in [-0.05, 0) is 19.1 Å². The molecule has 4 nitrogen and oxygen atoms in total. The van der Waals surface area contributed by atoms with E-state index in [-0.39, 0.29) is 0 Å². The van der Waals surface area contributed by atoms with Crippen molar-refractivity contribution >= 4 is 17.6 Å². The third-order valence-electron chi connectivity index (χ3n) is 1.86. The van der Waals surface area contributed by atoms with E-state index in [1.54, 1.807) is 12.1 Å². The Bertz CT molecular complexity index is 352. The van der Waals surface area contributed by atoms with E-state index in [1.165, 1.54) is 20.2 Å². The fraction of sp³-hybridized carbons (Fsp3) is 0.333. The zero-order valence-electron chi connectivity index (χ0n) is 7.95. The molecular weight excluding hydrogens is 204 g/mol. The van der Waals surface area contributed by atoms with Crippen LogP contribution in [0.4, 0.5) is 0 Å². The van der Waals surface area contributed by atoms with Gasteiger partial charge in [0.05, 0.1) is 17.8 Å². The number of ether oxygens (including phenoxy) is 1. The maximum Gasteiger partial charge on any atom is 0.331 e. The van der Waals surface area contributed by atoms with Crippen LogP contribution in [0.25, 0.3) is 0 Å². The summed E-state index contributed by atoms with van der Waals surface area (Å²) in [6.07, 6.45) is 1.52. The lowest BCUT2D eigenvalue weighted by atomic mass is 9.99. The van der Waals surface area contributed by atoms with E-state index in [0.29, 0.717) is 10.7 Å². The van der Waals surface area contributed by atoms with Gasteiger partial charge in [0, 0.05) is 6.20 Å². The zero-order chi connectivity index (χ0) is 10.8. The summed E-state index contributed by atoms with van der Waals surface area (Å²) in [5, 5.41) is 0.350. The number of halogens is 1. The predicted octanol–water partition coefficient (Wildman–Crippen LogP) is 1.08. The SMILES string of the molecule is COC(=O)C(C)(N)c1ncccc1Cl. The molecule has 0 spiro atoms. The summed E-state index contributed by atoms with van der Waals surface area (Å²) in [5.74, 6) is -0.571. The fourth-order valence-corrected chi connectivity index (χ4v) is 1.39. The van der Waals surface area contributed by atoms with Crippen molar-refractivity contribution < 1.29 is 9.53 Å².